The first-order chi connectivity index (χ1) is 9.25. The molecule has 0 aromatic heterocycles. The average Bonchev–Trinajstić information content (AvgIpc) is 3.31. The van der Waals surface area contributed by atoms with Crippen molar-refractivity contribution in [2.24, 2.45) is 0 Å². The smallest absolute Gasteiger partial charge is 0.315 e. The van der Waals surface area contributed by atoms with Crippen molar-refractivity contribution >= 4 is 6.03 Å². The van der Waals surface area contributed by atoms with E-state index in [1.54, 1.807) is 0 Å². The standard InChI is InChI=1S/C14H16N2O3/c17-13(15-10-2-3-10)16-14(5-6-14)9-1-4-11-12(7-9)19-8-18-11/h1,4,7,10H,2-3,5-6,8H2,(H2,15,16,17). The summed E-state index contributed by atoms with van der Waals surface area (Å²) in [4.78, 5) is 11.9. The van der Waals surface area contributed by atoms with Crippen LogP contribution in [0.4, 0.5) is 4.79 Å². The summed E-state index contributed by atoms with van der Waals surface area (Å²) in [5.41, 5.74) is 0.891. The molecule has 0 saturated heterocycles. The molecule has 2 N–H and O–H groups in total. The molecule has 0 radical (unpaired) electrons. The van der Waals surface area contributed by atoms with E-state index in [0.717, 1.165) is 42.7 Å². The number of ether oxygens (including phenoxy) is 2. The lowest BCUT2D eigenvalue weighted by Gasteiger charge is -2.18. The van der Waals surface area contributed by atoms with E-state index in [1.165, 1.54) is 0 Å². The second-order valence-corrected chi connectivity index (χ2v) is 5.52. The highest BCUT2D eigenvalue weighted by molar-refractivity contribution is 5.76. The summed E-state index contributed by atoms with van der Waals surface area (Å²) >= 11 is 0. The first kappa shape index (κ1) is 11.0. The molecular weight excluding hydrogens is 244 g/mol. The molecule has 2 saturated carbocycles. The third-order valence-corrected chi connectivity index (χ3v) is 3.94. The van der Waals surface area contributed by atoms with E-state index < -0.39 is 0 Å². The van der Waals surface area contributed by atoms with Crippen LogP contribution in [0, 0.1) is 0 Å². The lowest BCUT2D eigenvalue weighted by Crippen LogP contribution is -2.43. The molecule has 0 unspecified atom stereocenters. The van der Waals surface area contributed by atoms with Crippen molar-refractivity contribution in [3.05, 3.63) is 23.8 Å². The molecule has 19 heavy (non-hydrogen) atoms. The first-order valence-corrected chi connectivity index (χ1v) is 6.74. The largest absolute Gasteiger partial charge is 0.454 e. The minimum atomic E-state index is -0.208. The molecule has 1 aromatic rings. The fourth-order valence-electron chi connectivity index (χ4n) is 2.47. The molecule has 5 nitrogen and oxygen atoms in total. The van der Waals surface area contributed by atoms with Gasteiger partial charge in [0.05, 0.1) is 5.54 Å². The van der Waals surface area contributed by atoms with Crippen molar-refractivity contribution in [1.82, 2.24) is 10.6 Å². The molecule has 1 aromatic carbocycles. The van der Waals surface area contributed by atoms with Crippen LogP contribution in [0.25, 0.3) is 0 Å². The Morgan fingerprint density at radius 1 is 1.21 bits per heavy atom. The second kappa shape index (κ2) is 3.79. The number of carbonyl (C=O) groups is 1. The van der Waals surface area contributed by atoms with E-state index in [2.05, 4.69) is 10.6 Å². The van der Waals surface area contributed by atoms with Gasteiger partial charge in [-0.05, 0) is 43.4 Å². The molecule has 0 bridgehead atoms. The van der Waals surface area contributed by atoms with Crippen LogP contribution in [0.5, 0.6) is 11.5 Å². The number of fused-ring (bicyclic) bond motifs is 1. The van der Waals surface area contributed by atoms with E-state index in [0.29, 0.717) is 6.04 Å². The zero-order chi connectivity index (χ0) is 12.9. The normalized spacial score (nSPS) is 21.9. The molecule has 2 amide bonds. The predicted octanol–water partition coefficient (Wildman–Crippen LogP) is 1.87. The van der Waals surface area contributed by atoms with Gasteiger partial charge in [-0.15, -0.1) is 0 Å². The zero-order valence-corrected chi connectivity index (χ0v) is 10.6. The third kappa shape index (κ3) is 1.99. The lowest BCUT2D eigenvalue weighted by molar-refractivity contribution is 0.174. The fourth-order valence-corrected chi connectivity index (χ4v) is 2.47. The van der Waals surface area contributed by atoms with Crippen molar-refractivity contribution in [3.8, 4) is 11.5 Å². The van der Waals surface area contributed by atoms with Crippen LogP contribution in [0.1, 0.15) is 31.2 Å². The second-order valence-electron chi connectivity index (χ2n) is 5.52. The van der Waals surface area contributed by atoms with E-state index in [4.69, 9.17) is 9.47 Å². The summed E-state index contributed by atoms with van der Waals surface area (Å²) in [6.45, 7) is 0.279. The van der Waals surface area contributed by atoms with Crippen LogP contribution >= 0.6 is 0 Å². The first-order valence-electron chi connectivity index (χ1n) is 6.74. The van der Waals surface area contributed by atoms with Gasteiger partial charge >= 0.3 is 6.03 Å². The molecule has 1 aliphatic heterocycles. The summed E-state index contributed by atoms with van der Waals surface area (Å²) in [5.74, 6) is 1.55. The van der Waals surface area contributed by atoms with Gasteiger partial charge in [0.2, 0.25) is 6.79 Å². The molecule has 1 heterocycles. The van der Waals surface area contributed by atoms with Crippen molar-refractivity contribution in [3.63, 3.8) is 0 Å². The molecule has 2 fully saturated rings. The van der Waals surface area contributed by atoms with Gasteiger partial charge < -0.3 is 20.1 Å². The number of urea groups is 1. The number of amides is 2. The van der Waals surface area contributed by atoms with E-state index in [-0.39, 0.29) is 18.4 Å². The summed E-state index contributed by atoms with van der Waals surface area (Å²) in [6, 6.07) is 6.23. The Morgan fingerprint density at radius 2 is 2.00 bits per heavy atom. The van der Waals surface area contributed by atoms with Gasteiger partial charge in [0.15, 0.2) is 11.5 Å². The number of hydrogen-bond donors (Lipinski definition) is 2. The number of nitrogens with one attached hydrogen (secondary N) is 2. The number of carbonyl (C=O) groups excluding carboxylic acids is 1. The van der Waals surface area contributed by atoms with E-state index in [9.17, 15) is 4.79 Å². The Bertz CT molecular complexity index is 535. The lowest BCUT2D eigenvalue weighted by atomic mass is 10.0. The number of benzene rings is 1. The molecule has 3 aliphatic rings. The van der Waals surface area contributed by atoms with Gasteiger partial charge in [-0.2, -0.15) is 0 Å². The minimum absolute atomic E-state index is 0.0577. The quantitative estimate of drug-likeness (QED) is 0.872. The Balaban J connectivity index is 1.52. The monoisotopic (exact) mass is 260 g/mol. The molecule has 5 heteroatoms. The van der Waals surface area contributed by atoms with Crippen molar-refractivity contribution in [2.75, 3.05) is 6.79 Å². The van der Waals surface area contributed by atoms with Gasteiger partial charge in [0.1, 0.15) is 0 Å². The molecule has 4 rings (SSSR count). The van der Waals surface area contributed by atoms with Crippen LogP contribution < -0.4 is 20.1 Å². The van der Waals surface area contributed by atoms with Crippen LogP contribution in [-0.2, 0) is 5.54 Å². The summed E-state index contributed by atoms with van der Waals surface area (Å²) < 4.78 is 10.7. The summed E-state index contributed by atoms with van der Waals surface area (Å²) in [6.07, 6.45) is 4.16. The topological polar surface area (TPSA) is 59.6 Å². The van der Waals surface area contributed by atoms with Gasteiger partial charge in [-0.25, -0.2) is 4.79 Å². The van der Waals surface area contributed by atoms with Crippen molar-refractivity contribution in [1.29, 1.82) is 0 Å². The Morgan fingerprint density at radius 3 is 2.74 bits per heavy atom. The van der Waals surface area contributed by atoms with Crippen LogP contribution in [0.15, 0.2) is 18.2 Å². The summed E-state index contributed by atoms with van der Waals surface area (Å²) in [5, 5.41) is 6.07. The van der Waals surface area contributed by atoms with Crippen LogP contribution in [0.3, 0.4) is 0 Å². The van der Waals surface area contributed by atoms with E-state index >= 15 is 0 Å². The van der Waals surface area contributed by atoms with Gasteiger partial charge in [-0.1, -0.05) is 6.07 Å². The van der Waals surface area contributed by atoms with Gasteiger partial charge in [-0.3, -0.25) is 0 Å². The molecule has 100 valence electrons. The number of hydrogen-bond acceptors (Lipinski definition) is 3. The maximum absolute atomic E-state index is 11.9. The van der Waals surface area contributed by atoms with Gasteiger partial charge in [0.25, 0.3) is 0 Å². The minimum Gasteiger partial charge on any atom is -0.454 e. The van der Waals surface area contributed by atoms with Crippen LogP contribution in [0.2, 0.25) is 0 Å². The SMILES string of the molecule is O=C(NC1CC1)NC1(c2ccc3c(c2)OCO3)CC1. The predicted molar refractivity (Wildman–Crippen MR) is 68.2 cm³/mol. The Kier molecular flexibility index (Phi) is 2.19. The highest BCUT2D eigenvalue weighted by Gasteiger charge is 2.46. The molecule has 2 aliphatic carbocycles. The highest BCUT2D eigenvalue weighted by atomic mass is 16.7. The molecule has 0 atom stereocenters. The zero-order valence-electron chi connectivity index (χ0n) is 10.6. The fraction of sp³-hybridized carbons (Fsp3) is 0.500. The molecule has 0 spiro atoms. The average molecular weight is 260 g/mol. The van der Waals surface area contributed by atoms with Crippen LogP contribution in [-0.4, -0.2) is 18.9 Å². The van der Waals surface area contributed by atoms with Crippen molar-refractivity contribution < 1.29 is 14.3 Å². The molecular formula is C14H16N2O3. The summed E-state index contributed by atoms with van der Waals surface area (Å²) in [7, 11) is 0. The maximum atomic E-state index is 11.9. The van der Waals surface area contributed by atoms with Crippen molar-refractivity contribution in [2.45, 2.75) is 37.3 Å². The Labute approximate surface area is 111 Å². The maximum Gasteiger partial charge on any atom is 0.315 e. The van der Waals surface area contributed by atoms with E-state index in [1.807, 2.05) is 18.2 Å². The third-order valence-electron chi connectivity index (χ3n) is 3.94. The number of rotatable bonds is 3. The van der Waals surface area contributed by atoms with Gasteiger partial charge in [0, 0.05) is 6.04 Å². The highest BCUT2D eigenvalue weighted by Crippen LogP contribution is 2.48. The Hall–Kier alpha value is -1.91.